The molecule has 2 rings (SSSR count). The number of nitrogens with two attached hydrogens (primary N) is 1. The number of nitriles is 1. The maximum atomic E-state index is 11.8. The highest BCUT2D eigenvalue weighted by molar-refractivity contribution is 5.98. The summed E-state index contributed by atoms with van der Waals surface area (Å²) in [4.78, 5) is 11.8. The van der Waals surface area contributed by atoms with Crippen LogP contribution in [0, 0.1) is 11.3 Å². The molecule has 0 aliphatic heterocycles. The van der Waals surface area contributed by atoms with E-state index in [9.17, 15) is 4.79 Å². The first-order valence-corrected chi connectivity index (χ1v) is 5.24. The monoisotopic (exact) mass is 215 g/mol. The highest BCUT2D eigenvalue weighted by Gasteiger charge is 2.39. The second kappa shape index (κ2) is 3.95. The van der Waals surface area contributed by atoms with Gasteiger partial charge in [0.05, 0.1) is 17.2 Å². The van der Waals surface area contributed by atoms with Gasteiger partial charge in [-0.25, -0.2) is 0 Å². The van der Waals surface area contributed by atoms with Crippen LogP contribution in [0.25, 0.3) is 0 Å². The predicted molar refractivity (Wildman–Crippen MR) is 60.6 cm³/mol. The van der Waals surface area contributed by atoms with E-state index in [1.54, 1.807) is 24.3 Å². The van der Waals surface area contributed by atoms with Crippen LogP contribution in [0.15, 0.2) is 24.3 Å². The number of anilines is 1. The van der Waals surface area contributed by atoms with Crippen molar-refractivity contribution >= 4 is 11.6 Å². The summed E-state index contributed by atoms with van der Waals surface area (Å²) in [6.45, 7) is 0. The summed E-state index contributed by atoms with van der Waals surface area (Å²) in [5.74, 6) is -0.136. The van der Waals surface area contributed by atoms with E-state index in [1.807, 2.05) is 6.07 Å². The molecule has 1 fully saturated rings. The fourth-order valence-electron chi connectivity index (χ4n) is 1.67. The zero-order valence-electron chi connectivity index (χ0n) is 8.86. The fraction of sp³-hybridized carbons (Fsp3) is 0.333. The molecule has 0 aromatic heterocycles. The molecule has 3 N–H and O–H groups in total. The summed E-state index contributed by atoms with van der Waals surface area (Å²) in [5.41, 5.74) is 6.45. The average Bonchev–Trinajstić information content (AvgIpc) is 2.27. The summed E-state index contributed by atoms with van der Waals surface area (Å²) in [7, 11) is 0. The largest absolute Gasteiger partial charge is 0.324 e. The molecular weight excluding hydrogens is 202 g/mol. The molecule has 4 heteroatoms. The Morgan fingerprint density at radius 2 is 2.00 bits per heavy atom. The molecule has 1 saturated carbocycles. The van der Waals surface area contributed by atoms with E-state index in [4.69, 9.17) is 11.0 Å². The molecule has 1 amide bonds. The molecule has 0 atom stereocenters. The lowest BCUT2D eigenvalue weighted by atomic mass is 9.77. The van der Waals surface area contributed by atoms with Gasteiger partial charge in [0.1, 0.15) is 0 Å². The number of amides is 1. The number of carbonyl (C=O) groups excluding carboxylic acids is 1. The highest BCUT2D eigenvalue weighted by Crippen LogP contribution is 2.30. The first-order chi connectivity index (χ1) is 7.64. The van der Waals surface area contributed by atoms with E-state index in [-0.39, 0.29) is 5.91 Å². The lowest BCUT2D eigenvalue weighted by Crippen LogP contribution is -2.56. The van der Waals surface area contributed by atoms with Crippen molar-refractivity contribution in [1.82, 2.24) is 0 Å². The quantitative estimate of drug-likeness (QED) is 0.782. The smallest absolute Gasteiger partial charge is 0.244 e. The Hall–Kier alpha value is -1.86. The van der Waals surface area contributed by atoms with E-state index in [0.29, 0.717) is 11.3 Å². The van der Waals surface area contributed by atoms with Crippen LogP contribution in [0.3, 0.4) is 0 Å². The average molecular weight is 215 g/mol. The molecule has 16 heavy (non-hydrogen) atoms. The van der Waals surface area contributed by atoms with Crippen molar-refractivity contribution in [2.24, 2.45) is 5.73 Å². The Balaban J connectivity index is 2.04. The minimum atomic E-state index is -0.687. The first kappa shape index (κ1) is 10.7. The molecule has 1 aliphatic rings. The third-order valence-electron chi connectivity index (χ3n) is 2.97. The van der Waals surface area contributed by atoms with Gasteiger partial charge in [-0.1, -0.05) is 0 Å². The number of benzene rings is 1. The van der Waals surface area contributed by atoms with Gasteiger partial charge in [-0.3, -0.25) is 4.79 Å². The summed E-state index contributed by atoms with van der Waals surface area (Å²) >= 11 is 0. The molecule has 4 nitrogen and oxygen atoms in total. The van der Waals surface area contributed by atoms with Crippen molar-refractivity contribution in [1.29, 1.82) is 5.26 Å². The molecule has 82 valence electrons. The van der Waals surface area contributed by atoms with Crippen LogP contribution in [-0.2, 0) is 4.79 Å². The predicted octanol–water partition coefficient (Wildman–Crippen LogP) is 1.38. The summed E-state index contributed by atoms with van der Waals surface area (Å²) in [6.07, 6.45) is 2.50. The van der Waals surface area contributed by atoms with Crippen molar-refractivity contribution in [3.63, 3.8) is 0 Å². The Bertz CT molecular complexity index is 440. The zero-order chi connectivity index (χ0) is 11.6. The standard InChI is InChI=1S/C12H13N3O/c13-8-9-2-4-10(5-3-9)15-11(16)12(14)6-1-7-12/h2-5H,1,6-7,14H2,(H,15,16). The van der Waals surface area contributed by atoms with Crippen LogP contribution >= 0.6 is 0 Å². The van der Waals surface area contributed by atoms with E-state index in [0.717, 1.165) is 19.3 Å². The van der Waals surface area contributed by atoms with Gasteiger partial charge in [0, 0.05) is 5.69 Å². The molecule has 1 aliphatic carbocycles. The SMILES string of the molecule is N#Cc1ccc(NC(=O)C2(N)CCC2)cc1. The normalized spacial score (nSPS) is 17.0. The summed E-state index contributed by atoms with van der Waals surface area (Å²) in [6, 6.07) is 8.77. The number of carbonyl (C=O) groups is 1. The fourth-order valence-corrected chi connectivity index (χ4v) is 1.67. The maximum absolute atomic E-state index is 11.8. The van der Waals surface area contributed by atoms with Gasteiger partial charge < -0.3 is 11.1 Å². The molecule has 0 radical (unpaired) electrons. The number of nitrogens with one attached hydrogen (secondary N) is 1. The lowest BCUT2D eigenvalue weighted by Gasteiger charge is -2.36. The molecule has 1 aromatic rings. The van der Waals surface area contributed by atoms with Crippen molar-refractivity contribution in [2.45, 2.75) is 24.8 Å². The number of hydrogen-bond donors (Lipinski definition) is 2. The van der Waals surface area contributed by atoms with Gasteiger partial charge in [-0.2, -0.15) is 5.26 Å². The van der Waals surface area contributed by atoms with Gasteiger partial charge in [-0.15, -0.1) is 0 Å². The summed E-state index contributed by atoms with van der Waals surface area (Å²) in [5, 5.41) is 11.4. The van der Waals surface area contributed by atoms with E-state index < -0.39 is 5.54 Å². The van der Waals surface area contributed by atoms with Crippen molar-refractivity contribution in [3.05, 3.63) is 29.8 Å². The third-order valence-corrected chi connectivity index (χ3v) is 2.97. The topological polar surface area (TPSA) is 78.9 Å². The lowest BCUT2D eigenvalue weighted by molar-refractivity contribution is -0.123. The van der Waals surface area contributed by atoms with Crippen LogP contribution in [0.4, 0.5) is 5.69 Å². The molecule has 0 saturated heterocycles. The second-order valence-corrected chi connectivity index (χ2v) is 4.15. The number of rotatable bonds is 2. The van der Waals surface area contributed by atoms with Gasteiger partial charge in [0.2, 0.25) is 5.91 Å². The number of nitrogens with zero attached hydrogens (tertiary/aromatic N) is 1. The molecule has 0 unspecified atom stereocenters. The van der Waals surface area contributed by atoms with Crippen molar-refractivity contribution < 1.29 is 4.79 Å². The van der Waals surface area contributed by atoms with Crippen LogP contribution in [0.5, 0.6) is 0 Å². The van der Waals surface area contributed by atoms with Gasteiger partial charge >= 0.3 is 0 Å². The zero-order valence-corrected chi connectivity index (χ0v) is 8.86. The second-order valence-electron chi connectivity index (χ2n) is 4.15. The third kappa shape index (κ3) is 1.90. The Morgan fingerprint density at radius 3 is 2.44 bits per heavy atom. The van der Waals surface area contributed by atoms with Gasteiger partial charge in [-0.05, 0) is 43.5 Å². The Morgan fingerprint density at radius 1 is 1.38 bits per heavy atom. The Labute approximate surface area is 94.1 Å². The Kier molecular flexibility index (Phi) is 2.63. The van der Waals surface area contributed by atoms with E-state index in [2.05, 4.69) is 5.32 Å². The van der Waals surface area contributed by atoms with Gasteiger partial charge in [0.15, 0.2) is 0 Å². The van der Waals surface area contributed by atoms with E-state index in [1.165, 1.54) is 0 Å². The van der Waals surface area contributed by atoms with Crippen LogP contribution in [0.2, 0.25) is 0 Å². The van der Waals surface area contributed by atoms with Crippen LogP contribution in [-0.4, -0.2) is 11.4 Å². The van der Waals surface area contributed by atoms with E-state index >= 15 is 0 Å². The van der Waals surface area contributed by atoms with Crippen LogP contribution < -0.4 is 11.1 Å². The minimum Gasteiger partial charge on any atom is -0.324 e. The molecule has 0 heterocycles. The van der Waals surface area contributed by atoms with Crippen molar-refractivity contribution in [3.8, 4) is 6.07 Å². The molecule has 0 spiro atoms. The maximum Gasteiger partial charge on any atom is 0.244 e. The molecule has 1 aromatic carbocycles. The highest BCUT2D eigenvalue weighted by atomic mass is 16.2. The van der Waals surface area contributed by atoms with Gasteiger partial charge in [0.25, 0.3) is 0 Å². The van der Waals surface area contributed by atoms with Crippen LogP contribution in [0.1, 0.15) is 24.8 Å². The van der Waals surface area contributed by atoms with Crippen molar-refractivity contribution in [2.75, 3.05) is 5.32 Å². The molecule has 0 bridgehead atoms. The molecular formula is C12H13N3O. The summed E-state index contributed by atoms with van der Waals surface area (Å²) < 4.78 is 0. The minimum absolute atomic E-state index is 0.136. The first-order valence-electron chi connectivity index (χ1n) is 5.24. The number of hydrogen-bond acceptors (Lipinski definition) is 3.